The Bertz CT molecular complexity index is 617. The van der Waals surface area contributed by atoms with E-state index < -0.39 is 0 Å². The first kappa shape index (κ1) is 19.5. The molecule has 0 aromatic carbocycles. The van der Waals surface area contributed by atoms with E-state index in [1.54, 1.807) is 0 Å². The van der Waals surface area contributed by atoms with Crippen LogP contribution >= 0.6 is 0 Å². The molecule has 2 fully saturated rings. The van der Waals surface area contributed by atoms with Crippen molar-refractivity contribution in [3.8, 4) is 0 Å². The number of aromatic nitrogens is 2. The molecule has 0 bridgehead atoms. The maximum Gasteiger partial charge on any atom is 0.0521 e. The number of hydrogen-bond acceptors (Lipinski definition) is 4. The molecule has 2 saturated carbocycles. The highest BCUT2D eigenvalue weighted by atomic mass is 15.1. The molecule has 0 radical (unpaired) electrons. The van der Waals surface area contributed by atoms with Crippen molar-refractivity contribution in [1.29, 1.82) is 0 Å². The van der Waals surface area contributed by atoms with Crippen molar-refractivity contribution in [2.24, 2.45) is 0 Å². The number of rotatable bonds is 7. The fourth-order valence-corrected chi connectivity index (χ4v) is 4.96. The summed E-state index contributed by atoms with van der Waals surface area (Å²) in [5.74, 6) is 0. The van der Waals surface area contributed by atoms with E-state index in [0.29, 0.717) is 12.1 Å². The smallest absolute Gasteiger partial charge is 0.0521 e. The monoisotopic (exact) mass is 378 g/mol. The molecule has 2 aliphatic carbocycles. The van der Waals surface area contributed by atoms with Gasteiger partial charge < -0.3 is 10.6 Å². The summed E-state index contributed by atoms with van der Waals surface area (Å²) >= 11 is 0. The molecule has 2 aromatic heterocycles. The number of nitrogens with zero attached hydrogens (tertiary/aromatic N) is 2. The fraction of sp³-hybridized carbons (Fsp3) is 0.583. The minimum atomic E-state index is 0.246. The SMILES string of the molecule is c1cc([C@@H](NC2CCCCC2)[C@H](NC2CCCCC2)c2ccncc2)ccn1. The van der Waals surface area contributed by atoms with Crippen LogP contribution in [0.3, 0.4) is 0 Å². The van der Waals surface area contributed by atoms with Gasteiger partial charge in [0.25, 0.3) is 0 Å². The molecular formula is C24H34N4. The molecule has 2 aliphatic rings. The highest BCUT2D eigenvalue weighted by molar-refractivity contribution is 5.25. The maximum atomic E-state index is 4.26. The fourth-order valence-electron chi connectivity index (χ4n) is 4.96. The van der Waals surface area contributed by atoms with Crippen molar-refractivity contribution >= 4 is 0 Å². The molecule has 2 atom stereocenters. The average Bonchev–Trinajstić information content (AvgIpc) is 2.79. The van der Waals surface area contributed by atoms with Crippen LogP contribution in [0, 0.1) is 0 Å². The van der Waals surface area contributed by atoms with Gasteiger partial charge in [-0.2, -0.15) is 0 Å². The van der Waals surface area contributed by atoms with Gasteiger partial charge in [-0.05, 0) is 61.1 Å². The lowest BCUT2D eigenvalue weighted by atomic mass is 9.88. The zero-order valence-corrected chi connectivity index (χ0v) is 16.9. The maximum absolute atomic E-state index is 4.26. The van der Waals surface area contributed by atoms with E-state index >= 15 is 0 Å². The van der Waals surface area contributed by atoms with Crippen LogP contribution in [0.2, 0.25) is 0 Å². The highest BCUT2D eigenvalue weighted by Crippen LogP contribution is 2.33. The molecule has 0 saturated heterocycles. The van der Waals surface area contributed by atoms with Gasteiger partial charge in [-0.3, -0.25) is 9.97 Å². The zero-order chi connectivity index (χ0) is 19.0. The van der Waals surface area contributed by atoms with Gasteiger partial charge in [0.05, 0.1) is 12.1 Å². The van der Waals surface area contributed by atoms with Crippen LogP contribution in [0.25, 0.3) is 0 Å². The molecular weight excluding hydrogens is 344 g/mol. The number of nitrogens with one attached hydrogen (secondary N) is 2. The summed E-state index contributed by atoms with van der Waals surface area (Å²) in [4.78, 5) is 8.53. The predicted octanol–water partition coefficient (Wildman–Crippen LogP) is 5.10. The highest BCUT2D eigenvalue weighted by Gasteiger charge is 2.30. The van der Waals surface area contributed by atoms with Crippen molar-refractivity contribution in [3.05, 3.63) is 60.2 Å². The van der Waals surface area contributed by atoms with E-state index in [0.717, 1.165) is 0 Å². The molecule has 2 aromatic rings. The molecule has 2 heterocycles. The van der Waals surface area contributed by atoms with Gasteiger partial charge in [-0.1, -0.05) is 38.5 Å². The Morgan fingerprint density at radius 3 is 1.29 bits per heavy atom. The summed E-state index contributed by atoms with van der Waals surface area (Å²) < 4.78 is 0. The number of pyridine rings is 2. The van der Waals surface area contributed by atoms with Crippen molar-refractivity contribution in [1.82, 2.24) is 20.6 Å². The first-order valence-corrected chi connectivity index (χ1v) is 11.2. The van der Waals surface area contributed by atoms with Gasteiger partial charge in [0.1, 0.15) is 0 Å². The van der Waals surface area contributed by atoms with Crippen molar-refractivity contribution in [2.75, 3.05) is 0 Å². The Kier molecular flexibility index (Phi) is 7.07. The molecule has 4 rings (SSSR count). The van der Waals surface area contributed by atoms with Crippen LogP contribution in [0.5, 0.6) is 0 Å². The van der Waals surface area contributed by atoms with Crippen LogP contribution in [0.15, 0.2) is 49.1 Å². The van der Waals surface area contributed by atoms with Gasteiger partial charge in [-0.15, -0.1) is 0 Å². The second-order valence-electron chi connectivity index (χ2n) is 8.52. The minimum absolute atomic E-state index is 0.246. The van der Waals surface area contributed by atoms with Gasteiger partial charge in [0, 0.05) is 36.9 Å². The van der Waals surface area contributed by atoms with E-state index in [2.05, 4.69) is 44.9 Å². The largest absolute Gasteiger partial charge is 0.306 e. The Morgan fingerprint density at radius 2 is 0.929 bits per heavy atom. The van der Waals surface area contributed by atoms with Crippen molar-refractivity contribution in [2.45, 2.75) is 88.4 Å². The summed E-state index contributed by atoms with van der Waals surface area (Å²) in [6, 6.07) is 10.4. The lowest BCUT2D eigenvalue weighted by molar-refractivity contribution is 0.260. The van der Waals surface area contributed by atoms with Crippen LogP contribution in [-0.4, -0.2) is 22.1 Å². The summed E-state index contributed by atoms with van der Waals surface area (Å²) in [5, 5.41) is 8.10. The lowest BCUT2D eigenvalue weighted by Gasteiger charge is -2.37. The molecule has 0 amide bonds. The second-order valence-corrected chi connectivity index (χ2v) is 8.52. The first-order chi connectivity index (χ1) is 13.9. The van der Waals surface area contributed by atoms with Gasteiger partial charge in [0.2, 0.25) is 0 Å². The number of hydrogen-bond donors (Lipinski definition) is 2. The molecule has 150 valence electrons. The Balaban J connectivity index is 1.62. The Morgan fingerprint density at radius 1 is 0.571 bits per heavy atom. The predicted molar refractivity (Wildman–Crippen MR) is 114 cm³/mol. The average molecular weight is 379 g/mol. The molecule has 0 aliphatic heterocycles. The van der Waals surface area contributed by atoms with Crippen LogP contribution in [-0.2, 0) is 0 Å². The normalized spacial score (nSPS) is 21.3. The van der Waals surface area contributed by atoms with E-state index in [9.17, 15) is 0 Å². The third-order valence-electron chi connectivity index (χ3n) is 6.50. The Hall–Kier alpha value is -1.78. The van der Waals surface area contributed by atoms with E-state index in [-0.39, 0.29) is 12.1 Å². The van der Waals surface area contributed by atoms with Crippen LogP contribution < -0.4 is 10.6 Å². The molecule has 4 nitrogen and oxygen atoms in total. The minimum Gasteiger partial charge on any atom is -0.306 e. The van der Waals surface area contributed by atoms with Crippen LogP contribution in [0.4, 0.5) is 0 Å². The molecule has 28 heavy (non-hydrogen) atoms. The quantitative estimate of drug-likeness (QED) is 0.703. The zero-order valence-electron chi connectivity index (χ0n) is 16.9. The Labute approximate surface area is 169 Å². The molecule has 2 N–H and O–H groups in total. The first-order valence-electron chi connectivity index (χ1n) is 11.2. The summed E-state index contributed by atoms with van der Waals surface area (Å²) in [6.07, 6.45) is 21.0. The van der Waals surface area contributed by atoms with Gasteiger partial charge in [0.15, 0.2) is 0 Å². The molecule has 0 unspecified atom stereocenters. The third-order valence-corrected chi connectivity index (χ3v) is 6.50. The van der Waals surface area contributed by atoms with Crippen molar-refractivity contribution < 1.29 is 0 Å². The summed E-state index contributed by atoms with van der Waals surface area (Å²) in [5.41, 5.74) is 2.65. The van der Waals surface area contributed by atoms with Gasteiger partial charge in [-0.25, -0.2) is 0 Å². The second kappa shape index (κ2) is 10.1. The molecule has 4 heteroatoms. The third kappa shape index (κ3) is 5.18. The lowest BCUT2D eigenvalue weighted by Crippen LogP contribution is -2.44. The van der Waals surface area contributed by atoms with Crippen molar-refractivity contribution in [3.63, 3.8) is 0 Å². The van der Waals surface area contributed by atoms with E-state index in [1.165, 1.54) is 75.3 Å². The summed E-state index contributed by atoms with van der Waals surface area (Å²) in [7, 11) is 0. The molecule has 0 spiro atoms. The van der Waals surface area contributed by atoms with Gasteiger partial charge >= 0.3 is 0 Å². The summed E-state index contributed by atoms with van der Waals surface area (Å²) in [6.45, 7) is 0. The van der Waals surface area contributed by atoms with E-state index in [4.69, 9.17) is 0 Å². The van der Waals surface area contributed by atoms with E-state index in [1.807, 2.05) is 24.8 Å². The standard InChI is InChI=1S/C24H34N4/c1-3-7-21(8-4-1)27-23(19-11-15-25-16-12-19)24(20-13-17-26-18-14-20)28-22-9-5-2-6-10-22/h11-18,21-24,27-28H,1-10H2/t23-,24-/m1/s1. The van der Waals surface area contributed by atoms with Crippen LogP contribution in [0.1, 0.15) is 87.4 Å². The topological polar surface area (TPSA) is 49.8 Å².